The number of nitrogens with one attached hydrogen (secondary N) is 1. The van der Waals surface area contributed by atoms with E-state index in [2.05, 4.69) is 17.2 Å². The molecule has 7 nitrogen and oxygen atoms in total. The maximum absolute atomic E-state index is 13.1. The van der Waals surface area contributed by atoms with Gasteiger partial charge in [-0.1, -0.05) is 25.1 Å². The Morgan fingerprint density at radius 2 is 1.90 bits per heavy atom. The first-order valence-electron chi connectivity index (χ1n) is 9.70. The molecule has 0 aliphatic heterocycles. The number of hydrogen-bond donors (Lipinski definition) is 1. The number of ether oxygens (including phenoxy) is 1. The van der Waals surface area contributed by atoms with Crippen molar-refractivity contribution in [3.05, 3.63) is 82.8 Å². The minimum Gasteiger partial charge on any atom is -0.497 e. The van der Waals surface area contributed by atoms with Crippen molar-refractivity contribution in [1.29, 1.82) is 0 Å². The Hall–Kier alpha value is -3.87. The lowest BCUT2D eigenvalue weighted by atomic mass is 10.1. The van der Waals surface area contributed by atoms with Crippen molar-refractivity contribution in [2.45, 2.75) is 19.9 Å². The second-order valence-electron chi connectivity index (χ2n) is 6.85. The third-order valence-corrected chi connectivity index (χ3v) is 4.93. The monoisotopic (exact) mass is 402 g/mol. The van der Waals surface area contributed by atoms with Crippen molar-refractivity contribution in [2.75, 3.05) is 12.4 Å². The van der Waals surface area contributed by atoms with Crippen molar-refractivity contribution >= 4 is 22.6 Å². The van der Waals surface area contributed by atoms with Crippen LogP contribution in [0.25, 0.3) is 16.7 Å². The van der Waals surface area contributed by atoms with E-state index in [4.69, 9.17) is 4.74 Å². The van der Waals surface area contributed by atoms with Gasteiger partial charge in [0.25, 0.3) is 5.56 Å². The van der Waals surface area contributed by atoms with Gasteiger partial charge in [-0.25, -0.2) is 9.67 Å². The van der Waals surface area contributed by atoms with Gasteiger partial charge in [0.2, 0.25) is 5.91 Å². The molecule has 0 fully saturated rings. The molecule has 2 heterocycles. The average molecular weight is 402 g/mol. The van der Waals surface area contributed by atoms with Gasteiger partial charge < -0.3 is 10.1 Å². The van der Waals surface area contributed by atoms with Crippen LogP contribution in [0.5, 0.6) is 5.75 Å². The molecule has 0 saturated carbocycles. The number of nitrogens with zero attached hydrogens (tertiary/aromatic N) is 3. The standard InChI is InChI=1S/C23H22N4O3/c1-3-16-9-11-18(12-10-16)27-23(29)20-8-5-13-24-22(20)26(27)15-21(28)25-17-6-4-7-19(14-17)30-2/h4-14H,3,15H2,1-2H3,(H,25,28). The number of pyridine rings is 1. The fourth-order valence-corrected chi connectivity index (χ4v) is 3.40. The van der Waals surface area contributed by atoms with E-state index in [0.717, 1.165) is 6.42 Å². The van der Waals surface area contributed by atoms with Crippen LogP contribution < -0.4 is 15.6 Å². The number of aryl methyl sites for hydroxylation is 1. The van der Waals surface area contributed by atoms with E-state index in [1.54, 1.807) is 54.4 Å². The van der Waals surface area contributed by atoms with Crippen LogP contribution in [0.1, 0.15) is 12.5 Å². The second-order valence-corrected chi connectivity index (χ2v) is 6.85. The Bertz CT molecular complexity index is 1260. The van der Waals surface area contributed by atoms with Crippen LogP contribution in [-0.4, -0.2) is 27.4 Å². The fourth-order valence-electron chi connectivity index (χ4n) is 3.40. The first-order valence-corrected chi connectivity index (χ1v) is 9.70. The lowest BCUT2D eigenvalue weighted by Gasteiger charge is -2.13. The summed E-state index contributed by atoms with van der Waals surface area (Å²) in [5.74, 6) is 0.374. The number of amides is 1. The van der Waals surface area contributed by atoms with Crippen molar-refractivity contribution in [3.8, 4) is 11.4 Å². The minimum absolute atomic E-state index is 0.0670. The summed E-state index contributed by atoms with van der Waals surface area (Å²) in [5.41, 5.74) is 2.72. The first-order chi connectivity index (χ1) is 14.6. The maximum Gasteiger partial charge on any atom is 0.280 e. The third-order valence-electron chi connectivity index (χ3n) is 4.93. The predicted molar refractivity (Wildman–Crippen MR) is 116 cm³/mol. The number of hydrogen-bond acceptors (Lipinski definition) is 4. The molecule has 152 valence electrons. The topological polar surface area (TPSA) is 78.2 Å². The molecule has 1 amide bonds. The van der Waals surface area contributed by atoms with Crippen LogP contribution in [0.4, 0.5) is 5.69 Å². The number of rotatable bonds is 6. The molecule has 2 aromatic carbocycles. The molecular weight excluding hydrogens is 380 g/mol. The molecule has 1 N–H and O–H groups in total. The first kappa shape index (κ1) is 19.4. The molecule has 0 atom stereocenters. The zero-order valence-electron chi connectivity index (χ0n) is 16.8. The molecule has 0 unspecified atom stereocenters. The third kappa shape index (κ3) is 3.69. The molecule has 30 heavy (non-hydrogen) atoms. The number of benzene rings is 2. The number of methoxy groups -OCH3 is 1. The summed E-state index contributed by atoms with van der Waals surface area (Å²) in [6.45, 7) is 2.01. The number of carbonyl (C=O) groups excluding carboxylic acids is 1. The summed E-state index contributed by atoms with van der Waals surface area (Å²) in [7, 11) is 1.57. The molecule has 4 rings (SSSR count). The Kier molecular flexibility index (Phi) is 5.34. The molecule has 0 bridgehead atoms. The van der Waals surface area contributed by atoms with Crippen molar-refractivity contribution < 1.29 is 9.53 Å². The second kappa shape index (κ2) is 8.24. The van der Waals surface area contributed by atoms with Crippen LogP contribution in [-0.2, 0) is 17.8 Å². The van der Waals surface area contributed by atoms with Gasteiger partial charge in [0.1, 0.15) is 12.3 Å². The molecular formula is C23H22N4O3. The molecule has 0 spiro atoms. The molecule has 2 aromatic heterocycles. The number of aromatic nitrogens is 3. The van der Waals surface area contributed by atoms with Crippen LogP contribution in [0.15, 0.2) is 71.7 Å². The smallest absolute Gasteiger partial charge is 0.280 e. The van der Waals surface area contributed by atoms with Crippen LogP contribution in [0.3, 0.4) is 0 Å². The molecule has 7 heteroatoms. The van der Waals surface area contributed by atoms with Crippen LogP contribution in [0, 0.1) is 0 Å². The maximum atomic E-state index is 13.1. The summed E-state index contributed by atoms with van der Waals surface area (Å²) in [6, 6.07) is 18.3. The lowest BCUT2D eigenvalue weighted by Crippen LogP contribution is -2.27. The van der Waals surface area contributed by atoms with E-state index in [1.807, 2.05) is 24.3 Å². The molecule has 0 aliphatic rings. The minimum atomic E-state index is -0.273. The summed E-state index contributed by atoms with van der Waals surface area (Å²) in [4.78, 5) is 30.2. The number of carbonyl (C=O) groups is 1. The number of anilines is 1. The zero-order valence-corrected chi connectivity index (χ0v) is 16.8. The average Bonchev–Trinajstić information content (AvgIpc) is 3.05. The van der Waals surface area contributed by atoms with Gasteiger partial charge in [0.05, 0.1) is 18.2 Å². The van der Waals surface area contributed by atoms with Gasteiger partial charge >= 0.3 is 0 Å². The van der Waals surface area contributed by atoms with Gasteiger partial charge in [-0.2, -0.15) is 0 Å². The SMILES string of the molecule is CCc1ccc(-n2c(=O)c3cccnc3n2CC(=O)Nc2cccc(OC)c2)cc1. The normalized spacial score (nSPS) is 10.9. The lowest BCUT2D eigenvalue weighted by molar-refractivity contribution is -0.116. The summed E-state index contributed by atoms with van der Waals surface area (Å²) < 4.78 is 8.31. The summed E-state index contributed by atoms with van der Waals surface area (Å²) >= 11 is 0. The van der Waals surface area contributed by atoms with E-state index in [0.29, 0.717) is 28.2 Å². The highest BCUT2D eigenvalue weighted by Gasteiger charge is 2.18. The van der Waals surface area contributed by atoms with E-state index >= 15 is 0 Å². The van der Waals surface area contributed by atoms with Gasteiger partial charge in [0, 0.05) is 18.0 Å². The molecule has 0 aliphatic carbocycles. The molecule has 0 saturated heterocycles. The van der Waals surface area contributed by atoms with Crippen molar-refractivity contribution in [3.63, 3.8) is 0 Å². The molecule has 4 aromatic rings. The van der Waals surface area contributed by atoms with Crippen molar-refractivity contribution in [1.82, 2.24) is 14.3 Å². The summed E-state index contributed by atoms with van der Waals surface area (Å²) in [6.07, 6.45) is 2.52. The Morgan fingerprint density at radius 3 is 2.63 bits per heavy atom. The highest BCUT2D eigenvalue weighted by atomic mass is 16.5. The van der Waals surface area contributed by atoms with E-state index in [1.165, 1.54) is 10.2 Å². The predicted octanol–water partition coefficient (Wildman–Crippen LogP) is 3.40. The van der Waals surface area contributed by atoms with Gasteiger partial charge in [-0.15, -0.1) is 0 Å². The van der Waals surface area contributed by atoms with Gasteiger partial charge in [-0.3, -0.25) is 14.3 Å². The highest BCUT2D eigenvalue weighted by molar-refractivity contribution is 5.91. The van der Waals surface area contributed by atoms with E-state index in [9.17, 15) is 9.59 Å². The Morgan fingerprint density at radius 1 is 1.10 bits per heavy atom. The zero-order chi connectivity index (χ0) is 21.1. The fraction of sp³-hybridized carbons (Fsp3) is 0.174. The Labute approximate surface area is 173 Å². The van der Waals surface area contributed by atoms with Gasteiger partial charge in [0.15, 0.2) is 5.65 Å². The largest absolute Gasteiger partial charge is 0.497 e. The number of fused-ring (bicyclic) bond motifs is 1. The Balaban J connectivity index is 1.73. The van der Waals surface area contributed by atoms with E-state index < -0.39 is 0 Å². The highest BCUT2D eigenvalue weighted by Crippen LogP contribution is 2.18. The quantitative estimate of drug-likeness (QED) is 0.536. The van der Waals surface area contributed by atoms with Gasteiger partial charge in [-0.05, 0) is 48.4 Å². The summed E-state index contributed by atoms with van der Waals surface area (Å²) in [5, 5.41) is 3.32. The molecule has 0 radical (unpaired) electrons. The van der Waals surface area contributed by atoms with Crippen molar-refractivity contribution in [2.24, 2.45) is 0 Å². The van der Waals surface area contributed by atoms with E-state index in [-0.39, 0.29) is 18.0 Å². The van der Waals surface area contributed by atoms with Crippen LogP contribution in [0.2, 0.25) is 0 Å². The van der Waals surface area contributed by atoms with Crippen LogP contribution >= 0.6 is 0 Å².